The number of nitrogens with one attached hydrogen (secondary N) is 1. The van der Waals surface area contributed by atoms with Crippen molar-refractivity contribution in [1.29, 1.82) is 0 Å². The fraction of sp³-hybridized carbons (Fsp3) is 0.692. The third-order valence-corrected chi connectivity index (χ3v) is 2.06. The molecule has 0 aliphatic heterocycles. The quantitative estimate of drug-likeness (QED) is 0.477. The molecule has 0 fully saturated rings. The predicted octanol–water partition coefficient (Wildman–Crippen LogP) is 2.51. The van der Waals surface area contributed by atoms with Gasteiger partial charge in [0.05, 0.1) is 6.61 Å². The molecule has 0 bridgehead atoms. The first-order chi connectivity index (χ1) is 7.16. The van der Waals surface area contributed by atoms with Gasteiger partial charge in [-0.1, -0.05) is 37.6 Å². The van der Waals surface area contributed by atoms with Crippen LogP contribution in [0, 0.1) is 5.92 Å². The maximum absolute atomic E-state index is 8.55. The van der Waals surface area contributed by atoms with Crippen LogP contribution in [0.5, 0.6) is 0 Å². The first-order valence-electron chi connectivity index (χ1n) is 5.83. The molecule has 0 aliphatic carbocycles. The molecular formula is C13H25NO. The molecule has 0 rings (SSSR count). The smallest absolute Gasteiger partial charge is 0.0555 e. The molecule has 15 heavy (non-hydrogen) atoms. The summed E-state index contributed by atoms with van der Waals surface area (Å²) in [5, 5.41) is 11.7. The molecule has 0 aromatic rings. The van der Waals surface area contributed by atoms with Crippen molar-refractivity contribution in [2.75, 3.05) is 19.7 Å². The van der Waals surface area contributed by atoms with Crippen LogP contribution in [0.1, 0.15) is 33.6 Å². The Labute approximate surface area is 94.1 Å². The molecule has 0 heterocycles. The van der Waals surface area contributed by atoms with E-state index >= 15 is 0 Å². The van der Waals surface area contributed by atoms with Crippen molar-refractivity contribution in [1.82, 2.24) is 5.32 Å². The summed E-state index contributed by atoms with van der Waals surface area (Å²) in [6.45, 7) is 8.42. The molecule has 0 aliphatic rings. The van der Waals surface area contributed by atoms with E-state index in [1.165, 1.54) is 5.57 Å². The third-order valence-electron chi connectivity index (χ3n) is 2.06. The number of aliphatic hydroxyl groups excluding tert-OH is 1. The van der Waals surface area contributed by atoms with Gasteiger partial charge < -0.3 is 10.4 Å². The van der Waals surface area contributed by atoms with Crippen LogP contribution in [0.4, 0.5) is 0 Å². The SMILES string of the molecule is CC(=CCCCNCCO)/C=C\C(C)C. The summed E-state index contributed by atoms with van der Waals surface area (Å²) in [5.74, 6) is 0.625. The molecule has 2 nitrogen and oxygen atoms in total. The number of hydrogen-bond acceptors (Lipinski definition) is 2. The fourth-order valence-corrected chi connectivity index (χ4v) is 1.17. The Morgan fingerprint density at radius 3 is 2.67 bits per heavy atom. The lowest BCUT2D eigenvalue weighted by Gasteiger charge is -2.00. The van der Waals surface area contributed by atoms with Gasteiger partial charge in [0.2, 0.25) is 0 Å². The molecule has 0 aromatic heterocycles. The summed E-state index contributed by atoms with van der Waals surface area (Å²) in [7, 11) is 0. The summed E-state index contributed by atoms with van der Waals surface area (Å²) in [6.07, 6.45) is 8.90. The highest BCUT2D eigenvalue weighted by molar-refractivity contribution is 5.16. The molecule has 2 heteroatoms. The van der Waals surface area contributed by atoms with E-state index in [2.05, 4.69) is 44.3 Å². The topological polar surface area (TPSA) is 32.3 Å². The molecule has 0 atom stereocenters. The van der Waals surface area contributed by atoms with Crippen LogP contribution in [0.3, 0.4) is 0 Å². The number of allylic oxidation sites excluding steroid dienone is 4. The lowest BCUT2D eigenvalue weighted by molar-refractivity contribution is 0.292. The zero-order valence-corrected chi connectivity index (χ0v) is 10.3. The fourth-order valence-electron chi connectivity index (χ4n) is 1.17. The number of aliphatic hydroxyl groups is 1. The van der Waals surface area contributed by atoms with Crippen molar-refractivity contribution >= 4 is 0 Å². The van der Waals surface area contributed by atoms with Gasteiger partial charge in [0, 0.05) is 6.54 Å². The maximum Gasteiger partial charge on any atom is 0.0555 e. The summed E-state index contributed by atoms with van der Waals surface area (Å²) in [5.41, 5.74) is 1.34. The van der Waals surface area contributed by atoms with Crippen LogP contribution in [-0.4, -0.2) is 24.8 Å². The summed E-state index contributed by atoms with van der Waals surface area (Å²) >= 11 is 0. The average Bonchev–Trinajstić information content (AvgIpc) is 2.20. The summed E-state index contributed by atoms with van der Waals surface area (Å²) in [4.78, 5) is 0. The van der Waals surface area contributed by atoms with Crippen LogP contribution in [0.2, 0.25) is 0 Å². The molecule has 0 amide bonds. The van der Waals surface area contributed by atoms with Crippen molar-refractivity contribution < 1.29 is 5.11 Å². The molecule has 88 valence electrons. The molecular weight excluding hydrogens is 186 g/mol. The molecule has 0 aromatic carbocycles. The minimum Gasteiger partial charge on any atom is -0.395 e. The van der Waals surface area contributed by atoms with E-state index in [4.69, 9.17) is 5.11 Å². The molecule has 0 saturated carbocycles. The summed E-state index contributed by atoms with van der Waals surface area (Å²) < 4.78 is 0. The Kier molecular flexibility index (Phi) is 9.54. The van der Waals surface area contributed by atoms with Gasteiger partial charge in [0.25, 0.3) is 0 Å². The van der Waals surface area contributed by atoms with Crippen molar-refractivity contribution in [2.24, 2.45) is 5.92 Å². The summed E-state index contributed by atoms with van der Waals surface area (Å²) in [6, 6.07) is 0. The second kappa shape index (κ2) is 9.94. The van der Waals surface area contributed by atoms with E-state index in [1.54, 1.807) is 0 Å². The Morgan fingerprint density at radius 1 is 1.33 bits per heavy atom. The van der Waals surface area contributed by atoms with Crippen LogP contribution < -0.4 is 5.32 Å². The van der Waals surface area contributed by atoms with E-state index in [9.17, 15) is 0 Å². The normalized spacial score (nSPS) is 13.0. The average molecular weight is 211 g/mol. The highest BCUT2D eigenvalue weighted by atomic mass is 16.3. The zero-order chi connectivity index (χ0) is 11.5. The predicted molar refractivity (Wildman–Crippen MR) is 66.9 cm³/mol. The van der Waals surface area contributed by atoms with E-state index in [0.29, 0.717) is 12.5 Å². The first kappa shape index (κ1) is 14.4. The number of hydrogen-bond donors (Lipinski definition) is 2. The lowest BCUT2D eigenvalue weighted by Crippen LogP contribution is -2.18. The van der Waals surface area contributed by atoms with Gasteiger partial charge in [-0.25, -0.2) is 0 Å². The Morgan fingerprint density at radius 2 is 2.07 bits per heavy atom. The minimum absolute atomic E-state index is 0.228. The van der Waals surface area contributed by atoms with Gasteiger partial charge in [0.1, 0.15) is 0 Å². The van der Waals surface area contributed by atoms with Crippen molar-refractivity contribution in [3.8, 4) is 0 Å². The van der Waals surface area contributed by atoms with Crippen LogP contribution in [0.15, 0.2) is 23.8 Å². The lowest BCUT2D eigenvalue weighted by atomic mass is 10.1. The van der Waals surface area contributed by atoms with E-state index in [0.717, 1.165) is 19.4 Å². The third kappa shape index (κ3) is 11.3. The maximum atomic E-state index is 8.55. The van der Waals surface area contributed by atoms with Gasteiger partial charge in [-0.3, -0.25) is 0 Å². The Balaban J connectivity index is 3.50. The largest absolute Gasteiger partial charge is 0.395 e. The van der Waals surface area contributed by atoms with E-state index in [1.807, 2.05) is 0 Å². The van der Waals surface area contributed by atoms with Crippen LogP contribution in [-0.2, 0) is 0 Å². The Bertz CT molecular complexity index is 195. The number of unbranched alkanes of at least 4 members (excludes halogenated alkanes) is 1. The van der Waals surface area contributed by atoms with Crippen molar-refractivity contribution in [3.63, 3.8) is 0 Å². The van der Waals surface area contributed by atoms with E-state index < -0.39 is 0 Å². The highest BCUT2D eigenvalue weighted by Gasteiger charge is 1.88. The molecule has 2 N–H and O–H groups in total. The van der Waals surface area contributed by atoms with Gasteiger partial charge in [-0.2, -0.15) is 0 Å². The van der Waals surface area contributed by atoms with Crippen molar-refractivity contribution in [2.45, 2.75) is 33.6 Å². The molecule has 0 saturated heterocycles. The van der Waals surface area contributed by atoms with Crippen LogP contribution in [0.25, 0.3) is 0 Å². The molecule has 0 radical (unpaired) electrons. The first-order valence-corrected chi connectivity index (χ1v) is 5.83. The highest BCUT2D eigenvalue weighted by Crippen LogP contribution is 2.02. The number of rotatable bonds is 8. The Hall–Kier alpha value is -0.600. The second-order valence-electron chi connectivity index (χ2n) is 4.17. The standard InChI is InChI=1S/C13H25NO/c1-12(2)7-8-13(3)6-4-5-9-14-10-11-15/h6-8,12,14-15H,4-5,9-11H2,1-3H3/b8-7-,13-6?. The second-order valence-corrected chi connectivity index (χ2v) is 4.17. The van der Waals surface area contributed by atoms with Crippen LogP contribution >= 0.6 is 0 Å². The monoisotopic (exact) mass is 211 g/mol. The minimum atomic E-state index is 0.228. The van der Waals surface area contributed by atoms with Gasteiger partial charge >= 0.3 is 0 Å². The zero-order valence-electron chi connectivity index (χ0n) is 10.3. The van der Waals surface area contributed by atoms with Crippen molar-refractivity contribution in [3.05, 3.63) is 23.8 Å². The molecule has 0 unspecified atom stereocenters. The van der Waals surface area contributed by atoms with E-state index in [-0.39, 0.29) is 6.61 Å². The van der Waals surface area contributed by atoms with Gasteiger partial charge in [-0.15, -0.1) is 0 Å². The van der Waals surface area contributed by atoms with Gasteiger partial charge in [0.15, 0.2) is 0 Å². The van der Waals surface area contributed by atoms with Gasteiger partial charge in [-0.05, 0) is 32.2 Å². The molecule has 0 spiro atoms.